The maximum Gasteiger partial charge on any atom is 0.223 e. The van der Waals surface area contributed by atoms with E-state index >= 15 is 0 Å². The van der Waals surface area contributed by atoms with Crippen molar-refractivity contribution in [3.63, 3.8) is 0 Å². The van der Waals surface area contributed by atoms with Gasteiger partial charge in [-0.25, -0.2) is 0 Å². The molecule has 2 rings (SSSR count). The lowest BCUT2D eigenvalue weighted by Gasteiger charge is -2.22. The molecule has 0 aromatic carbocycles. The first-order chi connectivity index (χ1) is 7.31. The van der Waals surface area contributed by atoms with Gasteiger partial charge >= 0.3 is 0 Å². The van der Waals surface area contributed by atoms with E-state index in [0.29, 0.717) is 24.9 Å². The maximum atomic E-state index is 12.0. The summed E-state index contributed by atoms with van der Waals surface area (Å²) in [6.07, 6.45) is 9.41. The Morgan fingerprint density at radius 2 is 2.20 bits per heavy atom. The quantitative estimate of drug-likeness (QED) is 0.694. The smallest absolute Gasteiger partial charge is 0.223 e. The van der Waals surface area contributed by atoms with Crippen molar-refractivity contribution in [1.82, 2.24) is 4.90 Å². The topological polar surface area (TPSA) is 40.5 Å². The lowest BCUT2D eigenvalue weighted by atomic mass is 10.0. The van der Waals surface area contributed by atoms with E-state index < -0.39 is 0 Å². The number of aliphatic hydroxyl groups is 1. The highest BCUT2D eigenvalue weighted by Gasteiger charge is 2.32. The molecule has 3 nitrogen and oxygen atoms in total. The molecule has 2 aliphatic rings. The first kappa shape index (κ1) is 10.7. The molecular formula is C12H19NO2. The summed E-state index contributed by atoms with van der Waals surface area (Å²) >= 11 is 0. The first-order valence-electron chi connectivity index (χ1n) is 5.88. The number of carbonyl (C=O) groups excluding carboxylic acids is 1. The van der Waals surface area contributed by atoms with Gasteiger partial charge in [-0.1, -0.05) is 12.2 Å². The second-order valence-electron chi connectivity index (χ2n) is 4.51. The minimum Gasteiger partial charge on any atom is -0.395 e. The van der Waals surface area contributed by atoms with Crippen LogP contribution in [0.1, 0.15) is 32.1 Å². The van der Waals surface area contributed by atoms with E-state index in [9.17, 15) is 4.79 Å². The summed E-state index contributed by atoms with van der Waals surface area (Å²) in [5.74, 6) is 0.667. The Balaban J connectivity index is 1.83. The Kier molecular flexibility index (Phi) is 3.41. The van der Waals surface area contributed by atoms with Crippen molar-refractivity contribution in [3.8, 4) is 0 Å². The minimum absolute atomic E-state index is 0.0861. The van der Waals surface area contributed by atoms with Gasteiger partial charge in [0.15, 0.2) is 0 Å². The van der Waals surface area contributed by atoms with Crippen LogP contribution in [-0.4, -0.2) is 35.1 Å². The zero-order valence-electron chi connectivity index (χ0n) is 9.06. The molecule has 0 aliphatic heterocycles. The maximum absolute atomic E-state index is 12.0. The summed E-state index contributed by atoms with van der Waals surface area (Å²) in [6, 6.07) is 0.426. The van der Waals surface area contributed by atoms with E-state index in [1.807, 2.05) is 4.90 Å². The predicted octanol–water partition coefficient (Wildman–Crippen LogP) is 1.33. The molecule has 0 aromatic rings. The molecule has 15 heavy (non-hydrogen) atoms. The molecule has 2 aliphatic carbocycles. The lowest BCUT2D eigenvalue weighted by molar-refractivity contribution is -0.133. The Bertz CT molecular complexity index is 258. The fourth-order valence-electron chi connectivity index (χ4n) is 2.21. The van der Waals surface area contributed by atoms with Crippen LogP contribution in [-0.2, 0) is 4.79 Å². The van der Waals surface area contributed by atoms with Gasteiger partial charge in [0.25, 0.3) is 0 Å². The number of nitrogens with zero attached hydrogens (tertiary/aromatic N) is 1. The molecule has 84 valence electrons. The molecule has 3 heteroatoms. The number of aliphatic hydroxyl groups excluding tert-OH is 1. The minimum atomic E-state index is 0.0861. The van der Waals surface area contributed by atoms with E-state index in [2.05, 4.69) is 12.2 Å². The molecule has 1 fully saturated rings. The van der Waals surface area contributed by atoms with Crippen molar-refractivity contribution < 1.29 is 9.90 Å². The average Bonchev–Trinajstić information content (AvgIpc) is 2.93. The van der Waals surface area contributed by atoms with E-state index in [1.165, 1.54) is 0 Å². The molecule has 0 radical (unpaired) electrons. The molecule has 1 amide bonds. The van der Waals surface area contributed by atoms with Gasteiger partial charge in [0.1, 0.15) is 0 Å². The average molecular weight is 209 g/mol. The summed E-state index contributed by atoms with van der Waals surface area (Å²) in [4.78, 5) is 13.8. The summed E-state index contributed by atoms with van der Waals surface area (Å²) in [7, 11) is 0. The largest absolute Gasteiger partial charge is 0.395 e. The van der Waals surface area contributed by atoms with E-state index in [0.717, 1.165) is 25.7 Å². The number of allylic oxidation sites excluding steroid dienone is 2. The van der Waals surface area contributed by atoms with Gasteiger partial charge in [0, 0.05) is 19.0 Å². The molecule has 1 atom stereocenters. The normalized spacial score (nSPS) is 24.5. The predicted molar refractivity (Wildman–Crippen MR) is 58.3 cm³/mol. The van der Waals surface area contributed by atoms with Crippen LogP contribution in [0.5, 0.6) is 0 Å². The Morgan fingerprint density at radius 3 is 2.73 bits per heavy atom. The van der Waals surface area contributed by atoms with Crippen LogP contribution in [0.3, 0.4) is 0 Å². The molecule has 0 spiro atoms. The standard InChI is InChI=1S/C12H19NO2/c14-8-7-13(11-5-6-11)12(15)9-10-3-1-2-4-10/h1,3,10-11,14H,2,4-9H2. The highest BCUT2D eigenvalue weighted by Crippen LogP contribution is 2.29. The van der Waals surface area contributed by atoms with Crippen molar-refractivity contribution in [2.45, 2.75) is 38.1 Å². The fourth-order valence-corrected chi connectivity index (χ4v) is 2.21. The zero-order valence-corrected chi connectivity index (χ0v) is 9.06. The van der Waals surface area contributed by atoms with E-state index in [-0.39, 0.29) is 12.5 Å². The molecule has 0 heterocycles. The second-order valence-corrected chi connectivity index (χ2v) is 4.51. The highest BCUT2D eigenvalue weighted by atomic mass is 16.3. The number of amides is 1. The number of hydrogen-bond acceptors (Lipinski definition) is 2. The van der Waals surface area contributed by atoms with Crippen LogP contribution in [0.25, 0.3) is 0 Å². The van der Waals surface area contributed by atoms with E-state index in [4.69, 9.17) is 5.11 Å². The van der Waals surface area contributed by atoms with Crippen LogP contribution in [0.15, 0.2) is 12.2 Å². The lowest BCUT2D eigenvalue weighted by Crippen LogP contribution is -2.36. The number of rotatable bonds is 5. The van der Waals surface area contributed by atoms with Crippen LogP contribution in [0.2, 0.25) is 0 Å². The van der Waals surface area contributed by atoms with Gasteiger partial charge in [0.2, 0.25) is 5.91 Å². The summed E-state index contributed by atoms with van der Waals surface area (Å²) in [6.45, 7) is 0.600. The third-order valence-electron chi connectivity index (χ3n) is 3.20. The molecule has 0 saturated heterocycles. The monoisotopic (exact) mass is 209 g/mol. The highest BCUT2D eigenvalue weighted by molar-refractivity contribution is 5.77. The van der Waals surface area contributed by atoms with Crippen molar-refractivity contribution >= 4 is 5.91 Å². The van der Waals surface area contributed by atoms with Crippen molar-refractivity contribution in [1.29, 1.82) is 0 Å². The SMILES string of the molecule is O=C(CC1C=CCC1)N(CCO)C1CC1. The van der Waals surface area contributed by atoms with Gasteiger partial charge < -0.3 is 10.0 Å². The molecule has 1 N–H and O–H groups in total. The van der Waals surface area contributed by atoms with E-state index in [1.54, 1.807) is 0 Å². The van der Waals surface area contributed by atoms with Crippen LogP contribution < -0.4 is 0 Å². The van der Waals surface area contributed by atoms with Crippen LogP contribution >= 0.6 is 0 Å². The first-order valence-corrected chi connectivity index (χ1v) is 5.88. The zero-order chi connectivity index (χ0) is 10.7. The molecular weight excluding hydrogens is 190 g/mol. The van der Waals surface area contributed by atoms with Gasteiger partial charge in [0.05, 0.1) is 6.61 Å². The molecule has 0 aromatic heterocycles. The van der Waals surface area contributed by atoms with Gasteiger partial charge in [-0.2, -0.15) is 0 Å². The van der Waals surface area contributed by atoms with Gasteiger partial charge in [-0.05, 0) is 31.6 Å². The van der Waals surface area contributed by atoms with Gasteiger partial charge in [-0.3, -0.25) is 4.79 Å². The van der Waals surface area contributed by atoms with Crippen LogP contribution in [0, 0.1) is 5.92 Å². The number of hydrogen-bond donors (Lipinski definition) is 1. The third-order valence-corrected chi connectivity index (χ3v) is 3.20. The molecule has 1 unspecified atom stereocenters. The second kappa shape index (κ2) is 4.79. The van der Waals surface area contributed by atoms with Crippen molar-refractivity contribution in [3.05, 3.63) is 12.2 Å². The Hall–Kier alpha value is -0.830. The Labute approximate surface area is 90.8 Å². The van der Waals surface area contributed by atoms with Crippen molar-refractivity contribution in [2.24, 2.45) is 5.92 Å². The van der Waals surface area contributed by atoms with Crippen LogP contribution in [0.4, 0.5) is 0 Å². The Morgan fingerprint density at radius 1 is 1.40 bits per heavy atom. The number of carbonyl (C=O) groups is 1. The van der Waals surface area contributed by atoms with Crippen molar-refractivity contribution in [2.75, 3.05) is 13.2 Å². The van der Waals surface area contributed by atoms with Gasteiger partial charge in [-0.15, -0.1) is 0 Å². The third kappa shape index (κ3) is 2.81. The molecule has 0 bridgehead atoms. The summed E-state index contributed by atoms with van der Waals surface area (Å²) < 4.78 is 0. The summed E-state index contributed by atoms with van der Waals surface area (Å²) in [5.41, 5.74) is 0. The molecule has 1 saturated carbocycles. The fraction of sp³-hybridized carbons (Fsp3) is 0.750. The summed E-state index contributed by atoms with van der Waals surface area (Å²) in [5, 5.41) is 8.92.